The Balaban J connectivity index is 2.11. The molecule has 3 nitrogen and oxygen atoms in total. The molecule has 1 heterocycles. The molecule has 1 unspecified atom stereocenters. The molecule has 1 saturated heterocycles. The largest absolute Gasteiger partial charge is 0.353 e. The van der Waals surface area contributed by atoms with Crippen molar-refractivity contribution in [3.63, 3.8) is 0 Å². The lowest BCUT2D eigenvalue weighted by Crippen LogP contribution is -2.37. The van der Waals surface area contributed by atoms with E-state index in [9.17, 15) is 4.79 Å². The quantitative estimate of drug-likeness (QED) is 0.750. The summed E-state index contributed by atoms with van der Waals surface area (Å²) in [5.41, 5.74) is 5.51. The van der Waals surface area contributed by atoms with Gasteiger partial charge in [-0.05, 0) is 43.2 Å². The number of thioether (sulfide) groups is 1. The molecule has 1 aliphatic heterocycles. The van der Waals surface area contributed by atoms with Crippen LogP contribution >= 0.6 is 11.8 Å². The van der Waals surface area contributed by atoms with Crippen molar-refractivity contribution in [1.29, 1.82) is 0 Å². The van der Waals surface area contributed by atoms with E-state index in [1.54, 1.807) is 0 Å². The Morgan fingerprint density at radius 1 is 1.53 bits per heavy atom. The molecule has 1 amide bonds. The molecule has 0 aromatic carbocycles. The minimum absolute atomic E-state index is 0.201. The van der Waals surface area contributed by atoms with Crippen molar-refractivity contribution >= 4 is 17.7 Å². The molecule has 1 atom stereocenters. The number of carbonyl (C=O) groups excluding carboxylic acids is 1. The first-order valence-electron chi connectivity index (χ1n) is 5.79. The highest BCUT2D eigenvalue weighted by atomic mass is 32.2. The molecule has 0 aliphatic carbocycles. The van der Waals surface area contributed by atoms with E-state index in [0.29, 0.717) is 24.9 Å². The van der Waals surface area contributed by atoms with Gasteiger partial charge in [-0.3, -0.25) is 4.79 Å². The summed E-state index contributed by atoms with van der Waals surface area (Å²) in [5, 5.41) is 3.11. The van der Waals surface area contributed by atoms with E-state index in [2.05, 4.69) is 12.2 Å². The van der Waals surface area contributed by atoms with E-state index >= 15 is 0 Å². The van der Waals surface area contributed by atoms with Crippen molar-refractivity contribution in [2.75, 3.05) is 18.1 Å². The van der Waals surface area contributed by atoms with Gasteiger partial charge in [-0.2, -0.15) is 11.8 Å². The molecule has 0 radical (unpaired) electrons. The van der Waals surface area contributed by atoms with Gasteiger partial charge in [0.25, 0.3) is 0 Å². The summed E-state index contributed by atoms with van der Waals surface area (Å²) in [4.78, 5) is 11.6. The summed E-state index contributed by atoms with van der Waals surface area (Å²) < 4.78 is 0. The van der Waals surface area contributed by atoms with Gasteiger partial charge in [-0.1, -0.05) is 6.92 Å². The summed E-state index contributed by atoms with van der Waals surface area (Å²) in [6.07, 6.45) is 3.79. The maximum Gasteiger partial charge on any atom is 0.220 e. The second kappa shape index (κ2) is 7.12. The molecule has 1 aliphatic rings. The van der Waals surface area contributed by atoms with Gasteiger partial charge in [-0.25, -0.2) is 0 Å². The first kappa shape index (κ1) is 12.8. The molecule has 0 bridgehead atoms. The third-order valence-corrected chi connectivity index (χ3v) is 3.90. The van der Waals surface area contributed by atoms with Gasteiger partial charge in [0, 0.05) is 12.5 Å². The van der Waals surface area contributed by atoms with E-state index in [1.807, 2.05) is 11.8 Å². The van der Waals surface area contributed by atoms with Crippen LogP contribution in [0, 0.1) is 5.92 Å². The Hall–Kier alpha value is -0.220. The summed E-state index contributed by atoms with van der Waals surface area (Å²) in [6, 6.07) is 0.423. The molecule has 88 valence electrons. The van der Waals surface area contributed by atoms with Crippen LogP contribution in [-0.2, 0) is 4.79 Å². The summed E-state index contributed by atoms with van der Waals surface area (Å²) in [7, 11) is 0. The van der Waals surface area contributed by atoms with Gasteiger partial charge in [0.15, 0.2) is 0 Å². The third-order valence-electron chi connectivity index (χ3n) is 2.85. The lowest BCUT2D eigenvalue weighted by molar-refractivity contribution is -0.122. The number of rotatable bonds is 5. The van der Waals surface area contributed by atoms with Crippen LogP contribution in [0.2, 0.25) is 0 Å². The summed E-state index contributed by atoms with van der Waals surface area (Å²) >= 11 is 1.98. The van der Waals surface area contributed by atoms with Crippen LogP contribution < -0.4 is 11.1 Å². The Bertz CT molecular complexity index is 193. The van der Waals surface area contributed by atoms with Gasteiger partial charge in [0.1, 0.15) is 0 Å². The van der Waals surface area contributed by atoms with Crippen molar-refractivity contribution in [3.05, 3.63) is 0 Å². The minimum Gasteiger partial charge on any atom is -0.353 e. The highest BCUT2D eigenvalue weighted by molar-refractivity contribution is 7.99. The number of hydrogen-bond donors (Lipinski definition) is 2. The molecule has 1 rings (SSSR count). The molecule has 0 saturated carbocycles. The van der Waals surface area contributed by atoms with E-state index in [0.717, 1.165) is 19.3 Å². The SMILES string of the molecule is CC(CN)CCC(=O)NC1CCSCC1. The van der Waals surface area contributed by atoms with Crippen LogP contribution in [0.3, 0.4) is 0 Å². The monoisotopic (exact) mass is 230 g/mol. The Morgan fingerprint density at radius 3 is 2.80 bits per heavy atom. The summed E-state index contributed by atoms with van der Waals surface area (Å²) in [5.74, 6) is 3.03. The van der Waals surface area contributed by atoms with Crippen LogP contribution in [0.25, 0.3) is 0 Å². The Morgan fingerprint density at radius 2 is 2.20 bits per heavy atom. The van der Waals surface area contributed by atoms with E-state index in [4.69, 9.17) is 5.73 Å². The predicted octanol–water partition coefficient (Wildman–Crippen LogP) is 1.37. The van der Waals surface area contributed by atoms with Crippen molar-refractivity contribution in [1.82, 2.24) is 5.32 Å². The smallest absolute Gasteiger partial charge is 0.220 e. The van der Waals surface area contributed by atoms with E-state index in [1.165, 1.54) is 11.5 Å². The molecular weight excluding hydrogens is 208 g/mol. The van der Waals surface area contributed by atoms with Crippen molar-refractivity contribution < 1.29 is 4.79 Å². The van der Waals surface area contributed by atoms with E-state index in [-0.39, 0.29) is 5.91 Å². The minimum atomic E-state index is 0.201. The first-order chi connectivity index (χ1) is 7.22. The lowest BCUT2D eigenvalue weighted by atomic mass is 10.1. The second-order valence-corrected chi connectivity index (χ2v) is 5.56. The van der Waals surface area contributed by atoms with Gasteiger partial charge < -0.3 is 11.1 Å². The van der Waals surface area contributed by atoms with Gasteiger partial charge in [-0.15, -0.1) is 0 Å². The molecule has 15 heavy (non-hydrogen) atoms. The molecule has 3 N–H and O–H groups in total. The standard InChI is InChI=1S/C11H22N2OS/c1-9(8-12)2-3-11(14)13-10-4-6-15-7-5-10/h9-10H,2-8,12H2,1H3,(H,13,14). The number of nitrogens with one attached hydrogen (secondary N) is 1. The number of amides is 1. The average Bonchev–Trinajstić information content (AvgIpc) is 2.27. The topological polar surface area (TPSA) is 55.1 Å². The van der Waals surface area contributed by atoms with E-state index < -0.39 is 0 Å². The number of nitrogens with two attached hydrogens (primary N) is 1. The fraction of sp³-hybridized carbons (Fsp3) is 0.909. The molecule has 0 spiro atoms. The number of hydrogen-bond acceptors (Lipinski definition) is 3. The average molecular weight is 230 g/mol. The zero-order valence-corrected chi connectivity index (χ0v) is 10.3. The van der Waals surface area contributed by atoms with Gasteiger partial charge >= 0.3 is 0 Å². The van der Waals surface area contributed by atoms with Crippen molar-refractivity contribution in [2.24, 2.45) is 11.7 Å². The van der Waals surface area contributed by atoms with Crippen LogP contribution in [0.1, 0.15) is 32.6 Å². The third kappa shape index (κ3) is 5.42. The maximum absolute atomic E-state index is 11.6. The fourth-order valence-corrected chi connectivity index (χ4v) is 2.74. The van der Waals surface area contributed by atoms with Crippen LogP contribution in [0.5, 0.6) is 0 Å². The maximum atomic E-state index is 11.6. The highest BCUT2D eigenvalue weighted by Crippen LogP contribution is 2.17. The van der Waals surface area contributed by atoms with Crippen LogP contribution in [0.4, 0.5) is 0 Å². The molecule has 0 aromatic heterocycles. The van der Waals surface area contributed by atoms with Crippen molar-refractivity contribution in [3.8, 4) is 0 Å². The number of carbonyl (C=O) groups is 1. The first-order valence-corrected chi connectivity index (χ1v) is 6.95. The summed E-state index contributed by atoms with van der Waals surface area (Å²) in [6.45, 7) is 2.76. The highest BCUT2D eigenvalue weighted by Gasteiger charge is 2.15. The van der Waals surface area contributed by atoms with Crippen LogP contribution in [0.15, 0.2) is 0 Å². The predicted molar refractivity (Wildman–Crippen MR) is 65.9 cm³/mol. The van der Waals surface area contributed by atoms with Gasteiger partial charge in [0.05, 0.1) is 0 Å². The molecular formula is C11H22N2OS. The zero-order valence-electron chi connectivity index (χ0n) is 9.50. The fourth-order valence-electron chi connectivity index (χ4n) is 1.64. The Labute approximate surface area is 96.6 Å². The lowest BCUT2D eigenvalue weighted by Gasteiger charge is -2.22. The Kier molecular flexibility index (Phi) is 6.10. The van der Waals surface area contributed by atoms with Gasteiger partial charge in [0.2, 0.25) is 5.91 Å². The normalized spacial score (nSPS) is 19.9. The van der Waals surface area contributed by atoms with Crippen LogP contribution in [-0.4, -0.2) is 30.0 Å². The molecule has 4 heteroatoms. The van der Waals surface area contributed by atoms with Crippen molar-refractivity contribution in [2.45, 2.75) is 38.6 Å². The molecule has 1 fully saturated rings. The zero-order chi connectivity index (χ0) is 11.1. The molecule has 0 aromatic rings. The second-order valence-electron chi connectivity index (χ2n) is 4.33.